The SMILES string of the molecule is C=C(N=O)[C@@H](C)Cc1ccc2c(c1)C=C(c1ccc(-c3ccnc(OC)c3)cc1F)CC2. The van der Waals surface area contributed by atoms with Crippen LogP contribution < -0.4 is 4.74 Å². The van der Waals surface area contributed by atoms with Gasteiger partial charge in [0.05, 0.1) is 12.8 Å². The average molecular weight is 429 g/mol. The lowest BCUT2D eigenvalue weighted by atomic mass is 9.86. The van der Waals surface area contributed by atoms with Crippen LogP contribution in [0.3, 0.4) is 0 Å². The van der Waals surface area contributed by atoms with E-state index in [1.165, 1.54) is 5.56 Å². The van der Waals surface area contributed by atoms with Gasteiger partial charge in [-0.25, -0.2) is 9.37 Å². The molecule has 0 N–H and O–H groups in total. The van der Waals surface area contributed by atoms with Crippen LogP contribution in [0.2, 0.25) is 0 Å². The highest BCUT2D eigenvalue weighted by atomic mass is 19.1. The number of aromatic nitrogens is 1. The molecule has 4 nitrogen and oxygen atoms in total. The summed E-state index contributed by atoms with van der Waals surface area (Å²) in [6.07, 6.45) is 6.07. The van der Waals surface area contributed by atoms with E-state index in [0.717, 1.165) is 40.7 Å². The Balaban J connectivity index is 1.62. The van der Waals surface area contributed by atoms with Gasteiger partial charge in [-0.05, 0) is 70.0 Å². The molecule has 162 valence electrons. The quantitative estimate of drug-likeness (QED) is 0.387. The second-order valence-electron chi connectivity index (χ2n) is 8.17. The van der Waals surface area contributed by atoms with Crippen molar-refractivity contribution >= 4 is 11.6 Å². The first kappa shape index (κ1) is 21.6. The second kappa shape index (κ2) is 9.27. The molecule has 1 aromatic heterocycles. The predicted molar refractivity (Wildman–Crippen MR) is 127 cm³/mol. The molecular formula is C27H25FN2O2. The fraction of sp³-hybridized carbons (Fsp3) is 0.222. The number of pyridine rings is 1. The van der Waals surface area contributed by atoms with Crippen LogP contribution in [0.5, 0.6) is 5.88 Å². The van der Waals surface area contributed by atoms with Crippen LogP contribution in [0.15, 0.2) is 72.2 Å². The van der Waals surface area contributed by atoms with Gasteiger partial charge in [-0.3, -0.25) is 0 Å². The number of rotatable bonds is 7. The van der Waals surface area contributed by atoms with E-state index < -0.39 is 0 Å². The number of fused-ring (bicyclic) bond motifs is 1. The van der Waals surface area contributed by atoms with Gasteiger partial charge in [-0.1, -0.05) is 49.9 Å². The first-order valence-corrected chi connectivity index (χ1v) is 10.6. The number of aryl methyl sites for hydroxylation is 1. The van der Waals surface area contributed by atoms with Crippen molar-refractivity contribution in [3.05, 3.63) is 100.0 Å². The zero-order valence-electron chi connectivity index (χ0n) is 18.3. The molecule has 1 aliphatic carbocycles. The fourth-order valence-electron chi connectivity index (χ4n) is 4.09. The van der Waals surface area contributed by atoms with E-state index in [-0.39, 0.29) is 11.7 Å². The molecule has 2 aromatic carbocycles. The highest BCUT2D eigenvalue weighted by Gasteiger charge is 2.17. The molecule has 0 radical (unpaired) electrons. The Bertz CT molecular complexity index is 1220. The molecule has 0 unspecified atom stereocenters. The molecule has 5 heteroatoms. The molecule has 0 bridgehead atoms. The molecule has 0 saturated heterocycles. The lowest BCUT2D eigenvalue weighted by molar-refractivity contribution is 0.398. The van der Waals surface area contributed by atoms with Gasteiger partial charge in [0.25, 0.3) is 0 Å². The van der Waals surface area contributed by atoms with Crippen molar-refractivity contribution in [3.63, 3.8) is 0 Å². The molecule has 0 aliphatic heterocycles. The van der Waals surface area contributed by atoms with Gasteiger partial charge in [-0.15, -0.1) is 4.91 Å². The fourth-order valence-corrected chi connectivity index (χ4v) is 4.09. The lowest BCUT2D eigenvalue weighted by Crippen LogP contribution is -2.04. The smallest absolute Gasteiger partial charge is 0.213 e. The largest absolute Gasteiger partial charge is 0.481 e. The standard InChI is InChI=1S/C27H25FN2O2/c1-17(18(2)30-31)12-19-4-5-20-6-7-23(14-24(20)13-19)25-9-8-21(15-26(25)28)22-10-11-29-27(16-22)32-3/h4-5,8-11,13-17H,2,6-7,12H2,1,3H3/t17-/m0/s1. The van der Waals surface area contributed by atoms with Crippen LogP contribution in [-0.4, -0.2) is 12.1 Å². The minimum Gasteiger partial charge on any atom is -0.481 e. The van der Waals surface area contributed by atoms with E-state index in [2.05, 4.69) is 41.0 Å². The highest BCUT2D eigenvalue weighted by Crippen LogP contribution is 2.34. The molecule has 4 rings (SSSR count). The lowest BCUT2D eigenvalue weighted by Gasteiger charge is -2.19. The van der Waals surface area contributed by atoms with E-state index in [0.29, 0.717) is 23.6 Å². The summed E-state index contributed by atoms with van der Waals surface area (Å²) in [5.74, 6) is 0.233. The van der Waals surface area contributed by atoms with Crippen LogP contribution in [0.4, 0.5) is 4.39 Å². The molecule has 32 heavy (non-hydrogen) atoms. The van der Waals surface area contributed by atoms with Gasteiger partial charge >= 0.3 is 0 Å². The summed E-state index contributed by atoms with van der Waals surface area (Å²) in [5.41, 5.74) is 7.06. The van der Waals surface area contributed by atoms with E-state index in [4.69, 9.17) is 4.74 Å². The summed E-state index contributed by atoms with van der Waals surface area (Å²) >= 11 is 0. The van der Waals surface area contributed by atoms with Gasteiger partial charge in [0.15, 0.2) is 0 Å². The number of benzene rings is 2. The van der Waals surface area contributed by atoms with Crippen LogP contribution >= 0.6 is 0 Å². The number of methoxy groups -OCH3 is 1. The Morgan fingerprint density at radius 2 is 1.97 bits per heavy atom. The maximum atomic E-state index is 15.1. The number of hydrogen-bond acceptors (Lipinski definition) is 4. The normalized spacial score (nSPS) is 13.7. The van der Waals surface area contributed by atoms with E-state index >= 15 is 4.39 Å². The Labute approximate surface area is 187 Å². The van der Waals surface area contributed by atoms with E-state index in [1.807, 2.05) is 25.1 Å². The van der Waals surface area contributed by atoms with Crippen LogP contribution in [0.25, 0.3) is 22.8 Å². The number of nitrogens with zero attached hydrogens (tertiary/aromatic N) is 2. The maximum absolute atomic E-state index is 15.1. The molecule has 0 spiro atoms. The first-order valence-electron chi connectivity index (χ1n) is 10.6. The molecule has 3 aromatic rings. The first-order chi connectivity index (χ1) is 15.5. The second-order valence-corrected chi connectivity index (χ2v) is 8.17. The highest BCUT2D eigenvalue weighted by molar-refractivity contribution is 5.85. The predicted octanol–water partition coefficient (Wildman–Crippen LogP) is 6.84. The van der Waals surface area contributed by atoms with E-state index in [9.17, 15) is 4.91 Å². The summed E-state index contributed by atoms with van der Waals surface area (Å²) in [4.78, 5) is 14.9. The summed E-state index contributed by atoms with van der Waals surface area (Å²) in [5, 5.41) is 2.96. The van der Waals surface area contributed by atoms with Crippen molar-refractivity contribution in [1.29, 1.82) is 0 Å². The zero-order valence-corrected chi connectivity index (χ0v) is 18.3. The van der Waals surface area contributed by atoms with Crippen molar-refractivity contribution in [2.75, 3.05) is 7.11 Å². The molecule has 0 fully saturated rings. The topological polar surface area (TPSA) is 51.5 Å². The molecule has 1 aliphatic rings. The number of ether oxygens (including phenoxy) is 1. The molecule has 1 atom stereocenters. The number of nitroso groups, excluding NO2 is 1. The van der Waals surface area contributed by atoms with Gasteiger partial charge in [0.1, 0.15) is 5.82 Å². The van der Waals surface area contributed by atoms with Crippen molar-refractivity contribution in [1.82, 2.24) is 4.98 Å². The summed E-state index contributed by atoms with van der Waals surface area (Å²) in [6, 6.07) is 15.3. The maximum Gasteiger partial charge on any atom is 0.213 e. The Hall–Kier alpha value is -3.60. The van der Waals surface area contributed by atoms with Gasteiger partial charge in [0.2, 0.25) is 5.88 Å². The minimum absolute atomic E-state index is 0.0191. The number of hydrogen-bond donors (Lipinski definition) is 0. The summed E-state index contributed by atoms with van der Waals surface area (Å²) < 4.78 is 20.3. The van der Waals surface area contributed by atoms with Crippen molar-refractivity contribution in [3.8, 4) is 17.0 Å². The monoisotopic (exact) mass is 428 g/mol. The Morgan fingerprint density at radius 3 is 2.72 bits per heavy atom. The van der Waals surface area contributed by atoms with E-state index in [1.54, 1.807) is 25.4 Å². The molecule has 0 saturated carbocycles. The number of halogens is 1. The van der Waals surface area contributed by atoms with Gasteiger partial charge in [-0.2, -0.15) is 0 Å². The zero-order chi connectivity index (χ0) is 22.7. The van der Waals surface area contributed by atoms with Crippen molar-refractivity contribution in [2.45, 2.75) is 26.2 Å². The van der Waals surface area contributed by atoms with Crippen LogP contribution in [-0.2, 0) is 12.8 Å². The summed E-state index contributed by atoms with van der Waals surface area (Å²) in [7, 11) is 1.56. The molecule has 0 amide bonds. The van der Waals surface area contributed by atoms with Crippen molar-refractivity contribution < 1.29 is 9.13 Å². The molecule has 1 heterocycles. The third-order valence-corrected chi connectivity index (χ3v) is 6.02. The third kappa shape index (κ3) is 4.52. The molecular weight excluding hydrogens is 403 g/mol. The van der Waals surface area contributed by atoms with Gasteiger partial charge in [0, 0.05) is 23.7 Å². The third-order valence-electron chi connectivity index (χ3n) is 6.02. The minimum atomic E-state index is -0.244. The van der Waals surface area contributed by atoms with Crippen LogP contribution in [0, 0.1) is 16.6 Å². The Kier molecular flexibility index (Phi) is 6.26. The summed E-state index contributed by atoms with van der Waals surface area (Å²) in [6.45, 7) is 5.66. The average Bonchev–Trinajstić information content (AvgIpc) is 2.83. The van der Waals surface area contributed by atoms with Crippen LogP contribution in [0.1, 0.15) is 35.6 Å². The van der Waals surface area contributed by atoms with Crippen molar-refractivity contribution in [2.24, 2.45) is 11.1 Å². The number of allylic oxidation sites excluding steroid dienone is 2. The Morgan fingerprint density at radius 1 is 1.16 bits per heavy atom. The van der Waals surface area contributed by atoms with Gasteiger partial charge < -0.3 is 4.74 Å².